The molecule has 0 unspecified atom stereocenters. The number of likely N-dealkylation sites (tertiary alicyclic amines) is 1. The van der Waals surface area contributed by atoms with Crippen LogP contribution >= 0.6 is 0 Å². The zero-order valence-electron chi connectivity index (χ0n) is 14.9. The average Bonchev–Trinajstić information content (AvgIpc) is 2.62. The van der Waals surface area contributed by atoms with Gasteiger partial charge in [0, 0.05) is 19.6 Å². The van der Waals surface area contributed by atoms with E-state index < -0.39 is 5.60 Å². The molecule has 1 aromatic rings. The van der Waals surface area contributed by atoms with Crippen molar-refractivity contribution in [3.05, 3.63) is 29.8 Å². The van der Waals surface area contributed by atoms with Crippen LogP contribution < -0.4 is 4.74 Å². The van der Waals surface area contributed by atoms with Crippen molar-refractivity contribution in [1.29, 1.82) is 0 Å². The molecule has 1 atom stereocenters. The van der Waals surface area contributed by atoms with E-state index in [1.165, 1.54) is 0 Å². The summed E-state index contributed by atoms with van der Waals surface area (Å²) in [7, 11) is 0. The minimum absolute atomic E-state index is 0.118. The number of ether oxygens (including phenoxy) is 2. The Morgan fingerprint density at radius 3 is 2.80 bits per heavy atom. The highest BCUT2D eigenvalue weighted by Gasteiger charge is 2.35. The highest BCUT2D eigenvalue weighted by Crippen LogP contribution is 2.24. The average molecular weight is 348 g/mol. The van der Waals surface area contributed by atoms with Gasteiger partial charge in [-0.05, 0) is 37.9 Å². The predicted molar refractivity (Wildman–Crippen MR) is 94.7 cm³/mol. The van der Waals surface area contributed by atoms with Crippen molar-refractivity contribution in [3.8, 4) is 5.75 Å². The summed E-state index contributed by atoms with van der Waals surface area (Å²) >= 11 is 0. The standard InChI is InChI=1S/C19H28N2O4/c1-16-5-2-3-6-17(16)25-15-19(23)7-4-8-20(14-19)13-18(22)21-9-11-24-12-10-21/h2-3,5-6,23H,4,7-15H2,1H3/t19-/m1/s1. The Balaban J connectivity index is 1.52. The predicted octanol–water partition coefficient (Wildman–Crippen LogP) is 1.06. The molecular weight excluding hydrogens is 320 g/mol. The smallest absolute Gasteiger partial charge is 0.236 e. The number of morpholine rings is 1. The van der Waals surface area contributed by atoms with Crippen LogP contribution in [0.25, 0.3) is 0 Å². The first-order valence-corrected chi connectivity index (χ1v) is 9.04. The molecule has 2 aliphatic rings. The lowest BCUT2D eigenvalue weighted by Crippen LogP contribution is -2.54. The number of benzene rings is 1. The largest absolute Gasteiger partial charge is 0.490 e. The second kappa shape index (κ2) is 8.17. The van der Waals surface area contributed by atoms with E-state index in [2.05, 4.69) is 0 Å². The summed E-state index contributed by atoms with van der Waals surface area (Å²) in [5.41, 5.74) is 0.146. The second-order valence-corrected chi connectivity index (χ2v) is 7.09. The lowest BCUT2D eigenvalue weighted by molar-refractivity contribution is -0.138. The maximum absolute atomic E-state index is 12.4. The number of piperidine rings is 1. The lowest BCUT2D eigenvalue weighted by atomic mass is 9.93. The molecule has 25 heavy (non-hydrogen) atoms. The van der Waals surface area contributed by atoms with Crippen LogP contribution in [-0.2, 0) is 9.53 Å². The van der Waals surface area contributed by atoms with Crippen molar-refractivity contribution in [3.63, 3.8) is 0 Å². The summed E-state index contributed by atoms with van der Waals surface area (Å²) < 4.78 is 11.2. The number of amides is 1. The fraction of sp³-hybridized carbons (Fsp3) is 0.632. The van der Waals surface area contributed by atoms with Gasteiger partial charge in [0.25, 0.3) is 0 Å². The summed E-state index contributed by atoms with van der Waals surface area (Å²) in [5, 5.41) is 10.9. The number of hydrogen-bond acceptors (Lipinski definition) is 5. The monoisotopic (exact) mass is 348 g/mol. The van der Waals surface area contributed by atoms with Gasteiger partial charge in [0.05, 0.1) is 19.8 Å². The normalized spacial score (nSPS) is 25.0. The molecule has 138 valence electrons. The first-order valence-electron chi connectivity index (χ1n) is 9.04. The van der Waals surface area contributed by atoms with Crippen LogP contribution in [0.1, 0.15) is 18.4 Å². The molecule has 2 fully saturated rings. The Labute approximate surface area is 149 Å². The Hall–Kier alpha value is -1.63. The van der Waals surface area contributed by atoms with Crippen molar-refractivity contribution in [2.45, 2.75) is 25.4 Å². The van der Waals surface area contributed by atoms with Gasteiger partial charge in [-0.15, -0.1) is 0 Å². The van der Waals surface area contributed by atoms with Gasteiger partial charge in [0.2, 0.25) is 5.91 Å². The van der Waals surface area contributed by atoms with Crippen LogP contribution in [0.2, 0.25) is 0 Å². The fourth-order valence-electron chi connectivity index (χ4n) is 3.49. The van der Waals surface area contributed by atoms with Crippen LogP contribution in [0, 0.1) is 6.92 Å². The van der Waals surface area contributed by atoms with Gasteiger partial charge in [-0.2, -0.15) is 0 Å². The van der Waals surface area contributed by atoms with E-state index in [-0.39, 0.29) is 12.5 Å². The molecule has 2 aliphatic heterocycles. The minimum atomic E-state index is -0.911. The summed E-state index contributed by atoms with van der Waals surface area (Å²) in [5.74, 6) is 0.921. The quantitative estimate of drug-likeness (QED) is 0.862. The van der Waals surface area contributed by atoms with Gasteiger partial charge in [-0.1, -0.05) is 18.2 Å². The molecule has 0 bridgehead atoms. The molecule has 0 aromatic heterocycles. The molecule has 6 heteroatoms. The molecule has 1 aromatic carbocycles. The van der Waals surface area contributed by atoms with E-state index in [4.69, 9.17) is 9.47 Å². The Morgan fingerprint density at radius 2 is 2.04 bits per heavy atom. The second-order valence-electron chi connectivity index (χ2n) is 7.09. The van der Waals surface area contributed by atoms with Gasteiger partial charge in [0.1, 0.15) is 18.0 Å². The Kier molecular flexibility index (Phi) is 5.93. The minimum Gasteiger partial charge on any atom is -0.490 e. The molecular formula is C19H28N2O4. The number of rotatable bonds is 5. The van der Waals surface area contributed by atoms with E-state index in [0.29, 0.717) is 45.8 Å². The van der Waals surface area contributed by atoms with Gasteiger partial charge in [-0.25, -0.2) is 0 Å². The topological polar surface area (TPSA) is 62.2 Å². The summed E-state index contributed by atoms with van der Waals surface area (Å²) in [4.78, 5) is 16.3. The Morgan fingerprint density at radius 1 is 1.28 bits per heavy atom. The van der Waals surface area contributed by atoms with Crippen LogP contribution in [0.15, 0.2) is 24.3 Å². The lowest BCUT2D eigenvalue weighted by Gasteiger charge is -2.39. The van der Waals surface area contributed by atoms with E-state index in [9.17, 15) is 9.90 Å². The maximum atomic E-state index is 12.4. The van der Waals surface area contributed by atoms with Crippen LogP contribution in [0.4, 0.5) is 0 Å². The molecule has 0 saturated carbocycles. The number of para-hydroxylation sites is 1. The molecule has 0 radical (unpaired) electrons. The summed E-state index contributed by atoms with van der Waals surface area (Å²) in [6.07, 6.45) is 1.56. The van der Waals surface area contributed by atoms with Crippen LogP contribution in [-0.4, -0.2) is 79.0 Å². The zero-order valence-corrected chi connectivity index (χ0v) is 14.9. The fourth-order valence-corrected chi connectivity index (χ4v) is 3.49. The van der Waals surface area contributed by atoms with Crippen molar-refractivity contribution in [2.24, 2.45) is 0 Å². The van der Waals surface area contributed by atoms with Gasteiger partial charge in [-0.3, -0.25) is 9.69 Å². The van der Waals surface area contributed by atoms with Gasteiger partial charge >= 0.3 is 0 Å². The molecule has 6 nitrogen and oxygen atoms in total. The third-order valence-electron chi connectivity index (χ3n) is 4.95. The molecule has 2 heterocycles. The van der Waals surface area contributed by atoms with E-state index in [1.54, 1.807) is 0 Å². The third kappa shape index (κ3) is 4.93. The SMILES string of the molecule is Cc1ccccc1OC[C@@]1(O)CCCN(CC(=O)N2CCOCC2)C1. The summed E-state index contributed by atoms with van der Waals surface area (Å²) in [6.45, 7) is 6.44. The van der Waals surface area contributed by atoms with Gasteiger partial charge < -0.3 is 19.5 Å². The van der Waals surface area contributed by atoms with E-state index in [1.807, 2.05) is 41.0 Å². The molecule has 0 aliphatic carbocycles. The van der Waals surface area contributed by atoms with E-state index >= 15 is 0 Å². The highest BCUT2D eigenvalue weighted by molar-refractivity contribution is 5.78. The first kappa shape index (κ1) is 18.2. The number of carbonyl (C=O) groups excluding carboxylic acids is 1. The first-order chi connectivity index (χ1) is 12.1. The van der Waals surface area contributed by atoms with Crippen molar-refractivity contribution in [1.82, 2.24) is 9.80 Å². The summed E-state index contributed by atoms with van der Waals surface area (Å²) in [6, 6.07) is 7.81. The van der Waals surface area contributed by atoms with Crippen LogP contribution in [0.3, 0.4) is 0 Å². The molecule has 2 saturated heterocycles. The Bertz CT molecular complexity index is 589. The number of carbonyl (C=O) groups is 1. The zero-order chi connectivity index (χ0) is 17.7. The van der Waals surface area contributed by atoms with E-state index in [0.717, 1.165) is 24.3 Å². The number of aliphatic hydroxyl groups is 1. The third-order valence-corrected chi connectivity index (χ3v) is 4.95. The maximum Gasteiger partial charge on any atom is 0.236 e. The number of β-amino-alcohol motifs (C(OH)–C–C–N with tert-alkyl or cyclic N) is 1. The molecule has 1 N–H and O–H groups in total. The van der Waals surface area contributed by atoms with Crippen molar-refractivity contribution >= 4 is 5.91 Å². The van der Waals surface area contributed by atoms with Crippen molar-refractivity contribution in [2.75, 3.05) is 52.5 Å². The number of aryl methyl sites for hydroxylation is 1. The number of nitrogens with zero attached hydrogens (tertiary/aromatic N) is 2. The van der Waals surface area contributed by atoms with Crippen LogP contribution in [0.5, 0.6) is 5.75 Å². The molecule has 0 spiro atoms. The number of hydrogen-bond donors (Lipinski definition) is 1. The van der Waals surface area contributed by atoms with Gasteiger partial charge in [0.15, 0.2) is 0 Å². The molecule has 3 rings (SSSR count). The van der Waals surface area contributed by atoms with Crippen molar-refractivity contribution < 1.29 is 19.4 Å². The highest BCUT2D eigenvalue weighted by atomic mass is 16.5. The molecule has 1 amide bonds.